The number of hydrogen-bond acceptors (Lipinski definition) is 4. The predicted octanol–water partition coefficient (Wildman–Crippen LogP) is 3.12. The van der Waals surface area contributed by atoms with Gasteiger partial charge in [0, 0.05) is 23.9 Å². The molecule has 1 aliphatic heterocycles. The van der Waals surface area contributed by atoms with E-state index >= 15 is 0 Å². The summed E-state index contributed by atoms with van der Waals surface area (Å²) >= 11 is 0. The molecule has 1 aromatic carbocycles. The second-order valence-electron chi connectivity index (χ2n) is 6.10. The van der Waals surface area contributed by atoms with Gasteiger partial charge in [-0.05, 0) is 38.0 Å². The van der Waals surface area contributed by atoms with Crippen molar-refractivity contribution in [1.29, 1.82) is 0 Å². The topological polar surface area (TPSA) is 64.6 Å². The van der Waals surface area contributed by atoms with Crippen molar-refractivity contribution in [2.24, 2.45) is 0 Å². The molecule has 1 aliphatic rings. The number of ether oxygens (including phenoxy) is 2. The third-order valence-corrected chi connectivity index (χ3v) is 4.45. The number of nitrogens with one attached hydrogen (secondary N) is 1. The largest absolute Gasteiger partial charge is 0.486 e. The van der Waals surface area contributed by atoms with Gasteiger partial charge in [-0.25, -0.2) is 0 Å². The van der Waals surface area contributed by atoms with Gasteiger partial charge in [0.15, 0.2) is 17.3 Å². The normalized spacial score (nSPS) is 13.5. The Labute approximate surface area is 137 Å². The summed E-state index contributed by atoms with van der Waals surface area (Å²) in [6.45, 7) is 7.12. The zero-order chi connectivity index (χ0) is 16.9. The van der Waals surface area contributed by atoms with Crippen LogP contribution in [0.4, 0.5) is 0 Å². The van der Waals surface area contributed by atoms with E-state index in [0.29, 0.717) is 30.3 Å². The molecule has 1 heterocycles. The van der Waals surface area contributed by atoms with Crippen molar-refractivity contribution in [2.75, 3.05) is 13.2 Å². The zero-order valence-electron chi connectivity index (χ0n) is 14.1. The summed E-state index contributed by atoms with van der Waals surface area (Å²) in [6, 6.07) is 5.15. The number of rotatable bonds is 7. The summed E-state index contributed by atoms with van der Waals surface area (Å²) in [6.07, 6.45) is 2.12. The number of carbonyl (C=O) groups is 2. The first kappa shape index (κ1) is 17.3. The molecule has 1 aromatic rings. The Morgan fingerprint density at radius 1 is 1.09 bits per heavy atom. The first-order valence-corrected chi connectivity index (χ1v) is 8.21. The zero-order valence-corrected chi connectivity index (χ0v) is 14.1. The first-order chi connectivity index (χ1) is 11.0. The molecule has 0 aliphatic carbocycles. The molecule has 0 bridgehead atoms. The SMILES string of the molecule is CCC(C)(CC)NC(=O)CCC(=O)c1ccc2c(c1)OCCO2. The van der Waals surface area contributed by atoms with E-state index in [-0.39, 0.29) is 30.1 Å². The van der Waals surface area contributed by atoms with Crippen LogP contribution in [0, 0.1) is 0 Å². The van der Waals surface area contributed by atoms with Crippen LogP contribution < -0.4 is 14.8 Å². The molecular formula is C18H25NO4. The van der Waals surface area contributed by atoms with Gasteiger partial charge in [-0.15, -0.1) is 0 Å². The van der Waals surface area contributed by atoms with E-state index in [0.717, 1.165) is 12.8 Å². The average Bonchev–Trinajstić information content (AvgIpc) is 2.59. The fourth-order valence-electron chi connectivity index (χ4n) is 2.41. The lowest BCUT2D eigenvalue weighted by Gasteiger charge is -2.28. The average molecular weight is 319 g/mol. The fraction of sp³-hybridized carbons (Fsp3) is 0.556. The van der Waals surface area contributed by atoms with Gasteiger partial charge in [-0.3, -0.25) is 9.59 Å². The van der Waals surface area contributed by atoms with E-state index in [2.05, 4.69) is 5.32 Å². The van der Waals surface area contributed by atoms with Gasteiger partial charge in [0.05, 0.1) is 0 Å². The van der Waals surface area contributed by atoms with Gasteiger partial charge in [-0.1, -0.05) is 13.8 Å². The lowest BCUT2D eigenvalue weighted by atomic mass is 9.95. The lowest BCUT2D eigenvalue weighted by molar-refractivity contribution is -0.122. The second kappa shape index (κ2) is 7.49. The Morgan fingerprint density at radius 2 is 1.74 bits per heavy atom. The van der Waals surface area contributed by atoms with Crippen molar-refractivity contribution in [3.63, 3.8) is 0 Å². The number of amides is 1. The van der Waals surface area contributed by atoms with Gasteiger partial charge in [0.25, 0.3) is 0 Å². The maximum Gasteiger partial charge on any atom is 0.220 e. The molecule has 0 unspecified atom stereocenters. The van der Waals surface area contributed by atoms with E-state index in [4.69, 9.17) is 9.47 Å². The molecule has 0 aromatic heterocycles. The van der Waals surface area contributed by atoms with E-state index in [1.54, 1.807) is 18.2 Å². The Balaban J connectivity index is 1.91. The maximum atomic E-state index is 12.3. The summed E-state index contributed by atoms with van der Waals surface area (Å²) in [7, 11) is 0. The van der Waals surface area contributed by atoms with E-state index in [1.807, 2.05) is 20.8 Å². The van der Waals surface area contributed by atoms with E-state index in [1.165, 1.54) is 0 Å². The fourth-order valence-corrected chi connectivity index (χ4v) is 2.41. The van der Waals surface area contributed by atoms with Crippen LogP contribution in [0.3, 0.4) is 0 Å². The third kappa shape index (κ3) is 4.47. The highest BCUT2D eigenvalue weighted by Gasteiger charge is 2.22. The van der Waals surface area contributed by atoms with Crippen LogP contribution in [0.5, 0.6) is 11.5 Å². The van der Waals surface area contributed by atoms with Crippen LogP contribution >= 0.6 is 0 Å². The molecule has 0 saturated carbocycles. The Bertz CT molecular complexity index is 578. The molecule has 0 spiro atoms. The summed E-state index contributed by atoms with van der Waals surface area (Å²) < 4.78 is 10.9. The van der Waals surface area contributed by atoms with Crippen LogP contribution in [0.15, 0.2) is 18.2 Å². The van der Waals surface area contributed by atoms with Crippen LogP contribution in [0.2, 0.25) is 0 Å². The number of benzene rings is 1. The molecular weight excluding hydrogens is 294 g/mol. The number of ketones is 1. The van der Waals surface area contributed by atoms with Gasteiger partial charge in [0.1, 0.15) is 13.2 Å². The standard InChI is InChI=1S/C18H25NO4/c1-4-18(3,5-2)19-17(21)9-7-14(20)13-6-8-15-16(12-13)23-11-10-22-15/h6,8,12H,4-5,7,9-11H2,1-3H3,(H,19,21). The quantitative estimate of drug-likeness (QED) is 0.784. The lowest BCUT2D eigenvalue weighted by Crippen LogP contribution is -2.45. The molecule has 0 fully saturated rings. The van der Waals surface area contributed by atoms with E-state index in [9.17, 15) is 9.59 Å². The molecule has 1 amide bonds. The number of Topliss-reactive ketones (excluding diaryl/α,β-unsaturated/α-hetero) is 1. The van der Waals surface area contributed by atoms with Crippen molar-refractivity contribution in [1.82, 2.24) is 5.32 Å². The van der Waals surface area contributed by atoms with Crippen LogP contribution in [0.1, 0.15) is 56.8 Å². The minimum absolute atomic E-state index is 0.0631. The van der Waals surface area contributed by atoms with Gasteiger partial charge in [-0.2, -0.15) is 0 Å². The Morgan fingerprint density at radius 3 is 2.39 bits per heavy atom. The molecule has 0 saturated heterocycles. The Kier molecular flexibility index (Phi) is 5.64. The van der Waals surface area contributed by atoms with Crippen molar-refractivity contribution in [3.8, 4) is 11.5 Å². The third-order valence-electron chi connectivity index (χ3n) is 4.45. The molecule has 23 heavy (non-hydrogen) atoms. The van der Waals surface area contributed by atoms with Crippen molar-refractivity contribution < 1.29 is 19.1 Å². The van der Waals surface area contributed by atoms with Crippen molar-refractivity contribution >= 4 is 11.7 Å². The molecule has 0 atom stereocenters. The Hall–Kier alpha value is -2.04. The molecule has 5 heteroatoms. The molecule has 126 valence electrons. The highest BCUT2D eigenvalue weighted by atomic mass is 16.6. The van der Waals surface area contributed by atoms with Crippen molar-refractivity contribution in [3.05, 3.63) is 23.8 Å². The summed E-state index contributed by atoms with van der Waals surface area (Å²) in [4.78, 5) is 24.3. The van der Waals surface area contributed by atoms with Crippen molar-refractivity contribution in [2.45, 2.75) is 52.0 Å². The molecule has 2 rings (SSSR count). The van der Waals surface area contributed by atoms with E-state index < -0.39 is 0 Å². The minimum Gasteiger partial charge on any atom is -0.486 e. The molecule has 5 nitrogen and oxygen atoms in total. The summed E-state index contributed by atoms with van der Waals surface area (Å²) in [5.74, 6) is 1.11. The van der Waals surface area contributed by atoms with Gasteiger partial charge >= 0.3 is 0 Å². The smallest absolute Gasteiger partial charge is 0.220 e. The second-order valence-corrected chi connectivity index (χ2v) is 6.10. The number of carbonyl (C=O) groups excluding carboxylic acids is 2. The summed E-state index contributed by atoms with van der Waals surface area (Å²) in [5.41, 5.74) is 0.354. The maximum absolute atomic E-state index is 12.3. The van der Waals surface area contributed by atoms with Gasteiger partial charge in [0.2, 0.25) is 5.91 Å². The first-order valence-electron chi connectivity index (χ1n) is 8.21. The van der Waals surface area contributed by atoms with Crippen LogP contribution in [-0.2, 0) is 4.79 Å². The predicted molar refractivity (Wildman–Crippen MR) is 88.1 cm³/mol. The van der Waals surface area contributed by atoms with Crippen LogP contribution in [0.25, 0.3) is 0 Å². The number of hydrogen-bond donors (Lipinski definition) is 1. The molecule has 1 N–H and O–H groups in total. The number of fused-ring (bicyclic) bond motifs is 1. The summed E-state index contributed by atoms with van der Waals surface area (Å²) in [5, 5.41) is 3.01. The minimum atomic E-state index is -0.197. The highest BCUT2D eigenvalue weighted by Crippen LogP contribution is 2.31. The van der Waals surface area contributed by atoms with Gasteiger partial charge < -0.3 is 14.8 Å². The monoisotopic (exact) mass is 319 g/mol. The highest BCUT2D eigenvalue weighted by molar-refractivity contribution is 5.98. The molecule has 0 radical (unpaired) electrons. The van der Waals surface area contributed by atoms with Crippen LogP contribution in [-0.4, -0.2) is 30.4 Å².